The van der Waals surface area contributed by atoms with Gasteiger partial charge in [-0.05, 0) is 60.2 Å². The molecule has 0 saturated carbocycles. The molecule has 0 radical (unpaired) electrons. The lowest BCUT2D eigenvalue weighted by Gasteiger charge is -2.08. The second-order valence-corrected chi connectivity index (χ2v) is 7.34. The van der Waals surface area contributed by atoms with Crippen LogP contribution < -0.4 is 4.74 Å². The van der Waals surface area contributed by atoms with Gasteiger partial charge >= 0.3 is 0 Å². The van der Waals surface area contributed by atoms with Gasteiger partial charge in [-0.2, -0.15) is 0 Å². The van der Waals surface area contributed by atoms with Crippen molar-refractivity contribution in [3.8, 4) is 5.75 Å². The number of carbonyl (C=O) groups excluding carboxylic acids is 2. The number of carbonyl (C=O) groups is 2. The Hall–Kier alpha value is -1.95. The number of amides is 2. The second kappa shape index (κ2) is 8.16. The van der Waals surface area contributed by atoms with Gasteiger partial charge in [-0.15, -0.1) is 0 Å². The van der Waals surface area contributed by atoms with Gasteiger partial charge in [-0.1, -0.05) is 41.4 Å². The van der Waals surface area contributed by atoms with E-state index in [9.17, 15) is 9.59 Å². The van der Waals surface area contributed by atoms with Gasteiger partial charge in [0, 0.05) is 6.54 Å². The average molecular weight is 408 g/mol. The van der Waals surface area contributed by atoms with Crippen LogP contribution in [0.2, 0.25) is 10.0 Å². The number of thioether (sulfide) groups is 1. The first kappa shape index (κ1) is 18.8. The van der Waals surface area contributed by atoms with E-state index in [4.69, 9.17) is 27.9 Å². The van der Waals surface area contributed by atoms with Crippen molar-refractivity contribution in [3.63, 3.8) is 0 Å². The summed E-state index contributed by atoms with van der Waals surface area (Å²) in [6, 6.07) is 12.7. The Morgan fingerprint density at radius 1 is 1.08 bits per heavy atom. The Labute approximate surface area is 165 Å². The highest BCUT2D eigenvalue weighted by Gasteiger charge is 2.33. The first-order valence-corrected chi connectivity index (χ1v) is 9.47. The van der Waals surface area contributed by atoms with Crippen molar-refractivity contribution < 1.29 is 14.3 Å². The second-order valence-electron chi connectivity index (χ2n) is 5.53. The summed E-state index contributed by atoms with van der Waals surface area (Å²) in [6.07, 6.45) is 1.71. The fourth-order valence-electron chi connectivity index (χ4n) is 2.38. The Kier molecular flexibility index (Phi) is 5.91. The maximum Gasteiger partial charge on any atom is 0.293 e. The van der Waals surface area contributed by atoms with Crippen molar-refractivity contribution in [2.75, 3.05) is 6.54 Å². The van der Waals surface area contributed by atoms with Crippen molar-refractivity contribution >= 4 is 52.2 Å². The average Bonchev–Trinajstić information content (AvgIpc) is 2.90. The van der Waals surface area contributed by atoms with E-state index in [1.165, 1.54) is 4.90 Å². The van der Waals surface area contributed by atoms with Gasteiger partial charge in [0.05, 0.1) is 15.0 Å². The molecule has 1 aliphatic rings. The van der Waals surface area contributed by atoms with Crippen LogP contribution in [0.3, 0.4) is 0 Å². The Bertz CT molecular complexity index is 881. The smallest absolute Gasteiger partial charge is 0.293 e. The summed E-state index contributed by atoms with van der Waals surface area (Å²) in [4.78, 5) is 25.5. The molecule has 0 aliphatic carbocycles. The Morgan fingerprint density at radius 3 is 2.42 bits per heavy atom. The molecule has 1 fully saturated rings. The molecule has 7 heteroatoms. The van der Waals surface area contributed by atoms with E-state index in [1.807, 2.05) is 30.3 Å². The first-order valence-electron chi connectivity index (χ1n) is 7.90. The van der Waals surface area contributed by atoms with Crippen LogP contribution in [0.1, 0.15) is 18.1 Å². The van der Waals surface area contributed by atoms with Crippen LogP contribution >= 0.6 is 35.0 Å². The molecule has 4 nitrogen and oxygen atoms in total. The molecule has 26 heavy (non-hydrogen) atoms. The highest BCUT2D eigenvalue weighted by molar-refractivity contribution is 8.18. The summed E-state index contributed by atoms with van der Waals surface area (Å²) in [7, 11) is 0. The van der Waals surface area contributed by atoms with E-state index in [1.54, 1.807) is 25.1 Å². The van der Waals surface area contributed by atoms with Crippen LogP contribution in [-0.2, 0) is 11.4 Å². The van der Waals surface area contributed by atoms with Crippen LogP contribution in [0.5, 0.6) is 5.75 Å². The molecule has 2 aromatic carbocycles. The van der Waals surface area contributed by atoms with Crippen LogP contribution in [0, 0.1) is 0 Å². The fraction of sp³-hybridized carbons (Fsp3) is 0.158. The standard InChI is InChI=1S/C19H15Cl2NO3S/c1-2-22-18(23)17(26-19(22)24)10-12-3-6-14(7-4-12)25-11-13-5-8-15(20)16(21)9-13/h3-10H,2,11H2,1H3/b17-10+. The zero-order valence-electron chi connectivity index (χ0n) is 13.9. The lowest BCUT2D eigenvalue weighted by atomic mass is 10.2. The van der Waals surface area contributed by atoms with Gasteiger partial charge in [-0.25, -0.2) is 0 Å². The molecular weight excluding hydrogens is 393 g/mol. The number of imide groups is 1. The van der Waals surface area contributed by atoms with E-state index in [0.29, 0.717) is 33.9 Å². The number of nitrogens with zero attached hydrogens (tertiary/aromatic N) is 1. The minimum absolute atomic E-state index is 0.231. The van der Waals surface area contributed by atoms with Crippen molar-refractivity contribution in [2.24, 2.45) is 0 Å². The number of ether oxygens (including phenoxy) is 1. The Balaban J connectivity index is 1.65. The van der Waals surface area contributed by atoms with Gasteiger partial charge in [0.1, 0.15) is 12.4 Å². The predicted octanol–water partition coefficient (Wildman–Crippen LogP) is 5.63. The molecule has 0 unspecified atom stereocenters. The monoisotopic (exact) mass is 407 g/mol. The van der Waals surface area contributed by atoms with Crippen molar-refractivity contribution in [2.45, 2.75) is 13.5 Å². The number of halogens is 2. The highest BCUT2D eigenvalue weighted by Crippen LogP contribution is 2.32. The molecule has 2 amide bonds. The molecule has 3 rings (SSSR count). The summed E-state index contributed by atoms with van der Waals surface area (Å²) >= 11 is 12.8. The van der Waals surface area contributed by atoms with Gasteiger partial charge in [-0.3, -0.25) is 14.5 Å². The highest BCUT2D eigenvalue weighted by atomic mass is 35.5. The summed E-state index contributed by atoms with van der Waals surface area (Å²) in [5.74, 6) is 0.442. The molecular formula is C19H15Cl2NO3S. The van der Waals surface area contributed by atoms with Crippen molar-refractivity contribution in [1.29, 1.82) is 0 Å². The van der Waals surface area contributed by atoms with Crippen LogP contribution in [0.4, 0.5) is 4.79 Å². The third-order valence-electron chi connectivity index (χ3n) is 3.76. The molecule has 0 bridgehead atoms. The molecule has 0 spiro atoms. The van der Waals surface area contributed by atoms with Crippen LogP contribution in [0.15, 0.2) is 47.4 Å². The number of benzene rings is 2. The zero-order valence-corrected chi connectivity index (χ0v) is 16.2. The maximum atomic E-state index is 12.1. The van der Waals surface area contributed by atoms with Crippen LogP contribution in [-0.4, -0.2) is 22.6 Å². The third-order valence-corrected chi connectivity index (χ3v) is 5.40. The molecule has 0 atom stereocenters. The van der Waals surface area contributed by atoms with Gasteiger partial charge in [0.25, 0.3) is 11.1 Å². The number of likely N-dealkylation sites (N-methyl/N-ethyl adjacent to an activating group) is 1. The lowest BCUT2D eigenvalue weighted by molar-refractivity contribution is -0.122. The van der Waals surface area contributed by atoms with E-state index >= 15 is 0 Å². The normalized spacial score (nSPS) is 15.8. The molecule has 134 valence electrons. The molecule has 1 heterocycles. The Morgan fingerprint density at radius 2 is 1.81 bits per heavy atom. The number of hydrogen-bond donors (Lipinski definition) is 0. The predicted molar refractivity (Wildman–Crippen MR) is 106 cm³/mol. The molecule has 0 N–H and O–H groups in total. The van der Waals surface area contributed by atoms with E-state index < -0.39 is 0 Å². The maximum absolute atomic E-state index is 12.1. The molecule has 1 saturated heterocycles. The van der Waals surface area contributed by atoms with Gasteiger partial charge in [0.15, 0.2) is 0 Å². The number of rotatable bonds is 5. The van der Waals surface area contributed by atoms with Crippen LogP contribution in [0.25, 0.3) is 6.08 Å². The van der Waals surface area contributed by atoms with E-state index in [-0.39, 0.29) is 11.1 Å². The zero-order chi connectivity index (χ0) is 18.7. The van der Waals surface area contributed by atoms with Gasteiger partial charge < -0.3 is 4.74 Å². The minimum atomic E-state index is -0.248. The quantitative estimate of drug-likeness (QED) is 0.602. The fourth-order valence-corrected chi connectivity index (χ4v) is 3.60. The molecule has 0 aromatic heterocycles. The first-order chi connectivity index (χ1) is 12.5. The summed E-state index contributed by atoms with van der Waals surface area (Å²) in [5.41, 5.74) is 1.74. The van der Waals surface area contributed by atoms with Gasteiger partial charge in [0.2, 0.25) is 0 Å². The lowest BCUT2D eigenvalue weighted by Crippen LogP contribution is -2.27. The topological polar surface area (TPSA) is 46.6 Å². The van der Waals surface area contributed by atoms with E-state index in [2.05, 4.69) is 0 Å². The summed E-state index contributed by atoms with van der Waals surface area (Å²) in [6.45, 7) is 2.52. The number of hydrogen-bond acceptors (Lipinski definition) is 4. The minimum Gasteiger partial charge on any atom is -0.489 e. The van der Waals surface area contributed by atoms with Crippen molar-refractivity contribution in [3.05, 3.63) is 68.5 Å². The SMILES string of the molecule is CCN1C(=O)S/C(=C/c2ccc(OCc3ccc(Cl)c(Cl)c3)cc2)C1=O. The third kappa shape index (κ3) is 4.23. The molecule has 1 aliphatic heterocycles. The molecule has 2 aromatic rings. The summed E-state index contributed by atoms with van der Waals surface area (Å²) in [5, 5.41) is 0.765. The largest absolute Gasteiger partial charge is 0.489 e. The summed E-state index contributed by atoms with van der Waals surface area (Å²) < 4.78 is 5.73. The van der Waals surface area contributed by atoms with Crippen molar-refractivity contribution in [1.82, 2.24) is 4.90 Å². The van der Waals surface area contributed by atoms with E-state index in [0.717, 1.165) is 22.9 Å².